The maximum absolute atomic E-state index is 13.2. The number of para-hydroxylation sites is 2. The molecule has 8 nitrogen and oxygen atoms in total. The summed E-state index contributed by atoms with van der Waals surface area (Å²) in [5.74, 6) is 1.93. The predicted molar refractivity (Wildman–Crippen MR) is 125 cm³/mol. The fraction of sp³-hybridized carbons (Fsp3) is 0.440. The van der Waals surface area contributed by atoms with Crippen molar-refractivity contribution in [3.63, 3.8) is 0 Å². The van der Waals surface area contributed by atoms with Gasteiger partial charge in [0.1, 0.15) is 19.0 Å². The minimum atomic E-state index is -0.182. The van der Waals surface area contributed by atoms with Gasteiger partial charge in [-0.05, 0) is 49.2 Å². The van der Waals surface area contributed by atoms with E-state index in [-0.39, 0.29) is 30.9 Å². The highest BCUT2D eigenvalue weighted by molar-refractivity contribution is 5.94. The van der Waals surface area contributed by atoms with Crippen LogP contribution in [-0.2, 0) is 9.59 Å². The van der Waals surface area contributed by atoms with Gasteiger partial charge in [0.15, 0.2) is 11.5 Å². The molecule has 4 rings (SSSR count). The highest BCUT2D eigenvalue weighted by atomic mass is 16.6. The molecule has 33 heavy (non-hydrogen) atoms. The molecule has 0 radical (unpaired) electrons. The van der Waals surface area contributed by atoms with Gasteiger partial charge in [0.2, 0.25) is 11.8 Å². The number of nitrogens with one attached hydrogen (secondary N) is 1. The highest BCUT2D eigenvalue weighted by Crippen LogP contribution is 2.38. The number of likely N-dealkylation sites (N-methyl/N-ethyl adjacent to an activating group) is 1. The van der Waals surface area contributed by atoms with Crippen LogP contribution < -0.4 is 19.5 Å². The Morgan fingerprint density at radius 1 is 1.12 bits per heavy atom. The Labute approximate surface area is 194 Å². The summed E-state index contributed by atoms with van der Waals surface area (Å²) in [7, 11) is 1.57. The van der Waals surface area contributed by atoms with Crippen molar-refractivity contribution in [1.82, 2.24) is 9.80 Å². The van der Waals surface area contributed by atoms with E-state index in [0.29, 0.717) is 37.7 Å². The third-order valence-electron chi connectivity index (χ3n) is 6.08. The average Bonchev–Trinajstić information content (AvgIpc) is 3.34. The summed E-state index contributed by atoms with van der Waals surface area (Å²) in [6, 6.07) is 13.2. The number of carbonyl (C=O) groups is 2. The number of benzene rings is 2. The maximum Gasteiger partial charge on any atom is 0.238 e. The fourth-order valence-corrected chi connectivity index (χ4v) is 4.38. The van der Waals surface area contributed by atoms with Gasteiger partial charge < -0.3 is 24.4 Å². The highest BCUT2D eigenvalue weighted by Gasteiger charge is 2.31. The first-order valence-electron chi connectivity index (χ1n) is 11.4. The molecular weight excluding hydrogens is 422 g/mol. The summed E-state index contributed by atoms with van der Waals surface area (Å²) < 4.78 is 16.6. The molecular formula is C25H31N3O5. The smallest absolute Gasteiger partial charge is 0.238 e. The Bertz CT molecular complexity index is 996. The molecule has 2 aromatic rings. The van der Waals surface area contributed by atoms with Crippen LogP contribution in [0.4, 0.5) is 5.69 Å². The average molecular weight is 454 g/mol. The van der Waals surface area contributed by atoms with Gasteiger partial charge in [-0.3, -0.25) is 14.5 Å². The molecule has 1 N–H and O–H groups in total. The second-order valence-electron chi connectivity index (χ2n) is 8.20. The second kappa shape index (κ2) is 10.6. The molecule has 2 heterocycles. The van der Waals surface area contributed by atoms with Gasteiger partial charge in [-0.25, -0.2) is 0 Å². The number of ether oxygens (including phenoxy) is 3. The molecule has 0 spiro atoms. The van der Waals surface area contributed by atoms with E-state index in [9.17, 15) is 9.59 Å². The Hall–Kier alpha value is -3.26. The van der Waals surface area contributed by atoms with Gasteiger partial charge in [0.25, 0.3) is 0 Å². The van der Waals surface area contributed by atoms with E-state index in [1.165, 1.54) is 0 Å². The van der Waals surface area contributed by atoms with Crippen molar-refractivity contribution in [2.45, 2.75) is 25.8 Å². The zero-order valence-corrected chi connectivity index (χ0v) is 19.2. The lowest BCUT2D eigenvalue weighted by molar-refractivity contribution is -0.133. The molecule has 1 atom stereocenters. The Morgan fingerprint density at radius 2 is 1.91 bits per heavy atom. The van der Waals surface area contributed by atoms with Crippen LogP contribution in [0, 0.1) is 0 Å². The van der Waals surface area contributed by atoms with Crippen molar-refractivity contribution in [2.75, 3.05) is 51.8 Å². The number of anilines is 1. The molecule has 2 aliphatic heterocycles. The molecule has 2 aliphatic rings. The standard InChI is InChI=1S/C25H31N3O5/c1-3-27(16-24(29)26-19-7-4-5-9-21(19)31-2)17-25(30)28-12-6-8-20(28)18-10-11-22-23(15-18)33-14-13-32-22/h4-5,7,9-11,15,20H,3,6,8,12-14,16-17H2,1-2H3,(H,26,29). The number of fused-ring (bicyclic) bond motifs is 1. The Kier molecular flexibility index (Phi) is 7.34. The summed E-state index contributed by atoms with van der Waals surface area (Å²) in [6.07, 6.45) is 1.86. The Morgan fingerprint density at radius 3 is 2.70 bits per heavy atom. The third kappa shape index (κ3) is 5.39. The minimum Gasteiger partial charge on any atom is -0.495 e. The number of methoxy groups -OCH3 is 1. The van der Waals surface area contributed by atoms with Crippen LogP contribution in [0.25, 0.3) is 0 Å². The van der Waals surface area contributed by atoms with Crippen molar-refractivity contribution in [2.24, 2.45) is 0 Å². The largest absolute Gasteiger partial charge is 0.495 e. The summed E-state index contributed by atoms with van der Waals surface area (Å²) >= 11 is 0. The van der Waals surface area contributed by atoms with Gasteiger partial charge in [0.05, 0.1) is 31.9 Å². The first kappa shape index (κ1) is 22.9. The van der Waals surface area contributed by atoms with Gasteiger partial charge >= 0.3 is 0 Å². The van der Waals surface area contributed by atoms with Crippen LogP contribution >= 0.6 is 0 Å². The lowest BCUT2D eigenvalue weighted by Crippen LogP contribution is -2.42. The van der Waals surface area contributed by atoms with E-state index in [1.807, 2.05) is 47.1 Å². The first-order chi connectivity index (χ1) is 16.1. The number of nitrogens with zero attached hydrogens (tertiary/aromatic N) is 2. The van der Waals surface area contributed by atoms with E-state index >= 15 is 0 Å². The SMILES string of the molecule is CCN(CC(=O)Nc1ccccc1OC)CC(=O)N1CCCC1c1ccc2c(c1)OCCO2. The van der Waals surface area contributed by atoms with Crippen molar-refractivity contribution < 1.29 is 23.8 Å². The fourth-order valence-electron chi connectivity index (χ4n) is 4.38. The maximum atomic E-state index is 13.2. The molecule has 0 aliphatic carbocycles. The lowest BCUT2D eigenvalue weighted by atomic mass is 10.0. The van der Waals surface area contributed by atoms with Gasteiger partial charge in [-0.2, -0.15) is 0 Å². The van der Waals surface area contributed by atoms with E-state index < -0.39 is 0 Å². The van der Waals surface area contributed by atoms with Crippen LogP contribution in [0.1, 0.15) is 31.4 Å². The number of rotatable bonds is 8. The molecule has 1 fully saturated rings. The molecule has 8 heteroatoms. The van der Waals surface area contributed by atoms with E-state index in [1.54, 1.807) is 19.2 Å². The Balaban J connectivity index is 1.38. The number of amides is 2. The first-order valence-corrected chi connectivity index (χ1v) is 11.4. The van der Waals surface area contributed by atoms with Crippen LogP contribution in [0.5, 0.6) is 17.2 Å². The number of hydrogen-bond donors (Lipinski definition) is 1. The minimum absolute atomic E-state index is 0.00874. The van der Waals surface area contributed by atoms with Crippen molar-refractivity contribution >= 4 is 17.5 Å². The summed E-state index contributed by atoms with van der Waals surface area (Å²) in [5, 5.41) is 2.88. The van der Waals surface area contributed by atoms with Crippen LogP contribution in [-0.4, -0.2) is 68.1 Å². The summed E-state index contributed by atoms with van der Waals surface area (Å²) in [5.41, 5.74) is 1.67. The van der Waals surface area contributed by atoms with Crippen LogP contribution in [0.15, 0.2) is 42.5 Å². The number of likely N-dealkylation sites (tertiary alicyclic amines) is 1. The summed E-state index contributed by atoms with van der Waals surface area (Å²) in [4.78, 5) is 29.6. The van der Waals surface area contributed by atoms with Gasteiger partial charge in [-0.1, -0.05) is 25.1 Å². The van der Waals surface area contributed by atoms with Crippen LogP contribution in [0.2, 0.25) is 0 Å². The molecule has 0 bridgehead atoms. The van der Waals surface area contributed by atoms with Crippen molar-refractivity contribution in [3.8, 4) is 17.2 Å². The van der Waals surface area contributed by atoms with Crippen molar-refractivity contribution in [3.05, 3.63) is 48.0 Å². The van der Waals surface area contributed by atoms with Gasteiger partial charge in [-0.15, -0.1) is 0 Å². The molecule has 176 valence electrons. The van der Waals surface area contributed by atoms with E-state index in [4.69, 9.17) is 14.2 Å². The molecule has 1 saturated heterocycles. The number of hydrogen-bond acceptors (Lipinski definition) is 6. The van der Waals surface area contributed by atoms with Gasteiger partial charge in [0, 0.05) is 6.54 Å². The molecule has 2 amide bonds. The number of carbonyl (C=O) groups excluding carboxylic acids is 2. The molecule has 0 saturated carbocycles. The van der Waals surface area contributed by atoms with Crippen LogP contribution in [0.3, 0.4) is 0 Å². The second-order valence-corrected chi connectivity index (χ2v) is 8.20. The third-order valence-corrected chi connectivity index (χ3v) is 6.08. The van der Waals surface area contributed by atoms with Crippen molar-refractivity contribution in [1.29, 1.82) is 0 Å². The van der Waals surface area contributed by atoms with E-state index in [0.717, 1.165) is 29.9 Å². The van der Waals surface area contributed by atoms with E-state index in [2.05, 4.69) is 5.32 Å². The zero-order chi connectivity index (χ0) is 23.2. The molecule has 1 unspecified atom stereocenters. The predicted octanol–water partition coefficient (Wildman–Crippen LogP) is 3.09. The summed E-state index contributed by atoms with van der Waals surface area (Å²) in [6.45, 7) is 4.66. The molecule has 2 aromatic carbocycles. The lowest BCUT2D eigenvalue weighted by Gasteiger charge is -2.29. The molecule has 0 aromatic heterocycles. The zero-order valence-electron chi connectivity index (χ0n) is 19.2. The topological polar surface area (TPSA) is 80.3 Å². The monoisotopic (exact) mass is 453 g/mol. The normalized spacial score (nSPS) is 17.2. The quantitative estimate of drug-likeness (QED) is 0.662.